The average Bonchev–Trinajstić information content (AvgIpc) is 2.33. The summed E-state index contributed by atoms with van der Waals surface area (Å²) in [6, 6.07) is 0. The van der Waals surface area contributed by atoms with Gasteiger partial charge in [-0.1, -0.05) is 13.3 Å². The van der Waals surface area contributed by atoms with Crippen LogP contribution < -0.4 is 5.32 Å². The molecule has 0 saturated carbocycles. The lowest BCUT2D eigenvalue weighted by Crippen LogP contribution is -2.40. The number of carboxylic acid groups (broad SMARTS) is 1. The maximum atomic E-state index is 11.9. The van der Waals surface area contributed by atoms with Crippen LogP contribution in [0.4, 0.5) is 0 Å². The van der Waals surface area contributed by atoms with E-state index in [9.17, 15) is 9.59 Å². The van der Waals surface area contributed by atoms with Crippen molar-refractivity contribution in [2.75, 3.05) is 13.2 Å². The third-order valence-corrected chi connectivity index (χ3v) is 3.36. The minimum atomic E-state index is -0.836. The fourth-order valence-electron chi connectivity index (χ4n) is 2.27. The maximum Gasteiger partial charge on any atom is 0.308 e. The smallest absolute Gasteiger partial charge is 0.308 e. The molecule has 1 aliphatic rings. The molecule has 1 rings (SSSR count). The first-order chi connectivity index (χ1) is 8.54. The van der Waals surface area contributed by atoms with Crippen LogP contribution in [0, 0.1) is 11.8 Å². The SMILES string of the molecule is CCCC(CNC(=O)C1CCOC(C)C1)C(=O)O. The standard InChI is InChI=1S/C13H23NO4/c1-3-4-11(13(16)17)8-14-12(15)10-5-6-18-9(2)7-10/h9-11H,3-8H2,1-2H3,(H,14,15)(H,16,17). The van der Waals surface area contributed by atoms with E-state index in [4.69, 9.17) is 9.84 Å². The second-order valence-corrected chi connectivity index (χ2v) is 4.97. The van der Waals surface area contributed by atoms with Gasteiger partial charge in [0.1, 0.15) is 0 Å². The molecule has 0 aromatic heterocycles. The second kappa shape index (κ2) is 7.36. The van der Waals surface area contributed by atoms with Gasteiger partial charge in [-0.2, -0.15) is 0 Å². The van der Waals surface area contributed by atoms with Gasteiger partial charge in [-0.3, -0.25) is 9.59 Å². The van der Waals surface area contributed by atoms with Crippen molar-refractivity contribution in [1.29, 1.82) is 0 Å². The van der Waals surface area contributed by atoms with Crippen molar-refractivity contribution in [2.24, 2.45) is 11.8 Å². The molecule has 1 heterocycles. The van der Waals surface area contributed by atoms with Crippen LogP contribution in [-0.4, -0.2) is 36.2 Å². The first-order valence-electron chi connectivity index (χ1n) is 6.66. The molecule has 0 aliphatic carbocycles. The van der Waals surface area contributed by atoms with Gasteiger partial charge >= 0.3 is 5.97 Å². The molecule has 3 unspecified atom stereocenters. The summed E-state index contributed by atoms with van der Waals surface area (Å²) in [5.41, 5.74) is 0. The zero-order valence-corrected chi connectivity index (χ0v) is 11.1. The third kappa shape index (κ3) is 4.64. The topological polar surface area (TPSA) is 75.6 Å². The predicted molar refractivity (Wildman–Crippen MR) is 67.2 cm³/mol. The summed E-state index contributed by atoms with van der Waals surface area (Å²) < 4.78 is 5.39. The Bertz CT molecular complexity index is 293. The number of ether oxygens (including phenoxy) is 1. The molecule has 18 heavy (non-hydrogen) atoms. The fraction of sp³-hybridized carbons (Fsp3) is 0.846. The first-order valence-corrected chi connectivity index (χ1v) is 6.66. The number of nitrogens with one attached hydrogen (secondary N) is 1. The molecule has 5 heteroatoms. The number of amides is 1. The molecule has 2 N–H and O–H groups in total. The molecule has 3 atom stereocenters. The molecule has 0 spiro atoms. The number of carbonyl (C=O) groups excluding carboxylic acids is 1. The van der Waals surface area contributed by atoms with Crippen molar-refractivity contribution < 1.29 is 19.4 Å². The summed E-state index contributed by atoms with van der Waals surface area (Å²) in [5, 5.41) is 11.8. The summed E-state index contributed by atoms with van der Waals surface area (Å²) in [7, 11) is 0. The van der Waals surface area contributed by atoms with Gasteiger partial charge in [0, 0.05) is 19.1 Å². The van der Waals surface area contributed by atoms with Crippen molar-refractivity contribution in [3.63, 3.8) is 0 Å². The van der Waals surface area contributed by atoms with Crippen molar-refractivity contribution in [3.8, 4) is 0 Å². The molecule has 1 fully saturated rings. The van der Waals surface area contributed by atoms with Crippen LogP contribution in [0.5, 0.6) is 0 Å². The molecule has 0 radical (unpaired) electrons. The van der Waals surface area contributed by atoms with Crippen molar-refractivity contribution in [1.82, 2.24) is 5.32 Å². The summed E-state index contributed by atoms with van der Waals surface area (Å²) >= 11 is 0. The highest BCUT2D eigenvalue weighted by molar-refractivity contribution is 5.79. The normalized spacial score (nSPS) is 25.4. The van der Waals surface area contributed by atoms with E-state index in [0.717, 1.165) is 19.3 Å². The number of carboxylic acids is 1. The lowest BCUT2D eigenvalue weighted by molar-refractivity contribution is -0.142. The van der Waals surface area contributed by atoms with Crippen molar-refractivity contribution in [3.05, 3.63) is 0 Å². The van der Waals surface area contributed by atoms with E-state index >= 15 is 0 Å². The molecule has 0 bridgehead atoms. The summed E-state index contributed by atoms with van der Waals surface area (Å²) in [4.78, 5) is 22.9. The van der Waals surface area contributed by atoms with Gasteiger partial charge in [-0.15, -0.1) is 0 Å². The first kappa shape index (κ1) is 15.0. The van der Waals surface area contributed by atoms with E-state index in [1.165, 1.54) is 0 Å². The lowest BCUT2D eigenvalue weighted by Gasteiger charge is -2.26. The highest BCUT2D eigenvalue weighted by atomic mass is 16.5. The zero-order valence-electron chi connectivity index (χ0n) is 11.1. The molecule has 1 aliphatic heterocycles. The van der Waals surface area contributed by atoms with Gasteiger partial charge in [0.25, 0.3) is 0 Å². The van der Waals surface area contributed by atoms with Crippen molar-refractivity contribution in [2.45, 2.75) is 45.6 Å². The van der Waals surface area contributed by atoms with E-state index in [1.54, 1.807) is 0 Å². The lowest BCUT2D eigenvalue weighted by atomic mass is 9.95. The van der Waals surface area contributed by atoms with Crippen LogP contribution in [0.3, 0.4) is 0 Å². The van der Waals surface area contributed by atoms with E-state index in [-0.39, 0.29) is 24.5 Å². The minimum absolute atomic E-state index is 0.0347. The molecule has 0 aromatic carbocycles. The highest BCUT2D eigenvalue weighted by Gasteiger charge is 2.26. The monoisotopic (exact) mass is 257 g/mol. The fourth-order valence-corrected chi connectivity index (χ4v) is 2.27. The predicted octanol–water partition coefficient (Wildman–Crippen LogP) is 1.42. The summed E-state index contributed by atoms with van der Waals surface area (Å²) in [5.74, 6) is -1.38. The molecule has 1 amide bonds. The van der Waals surface area contributed by atoms with Gasteiger partial charge in [-0.05, 0) is 26.2 Å². The number of carbonyl (C=O) groups is 2. The van der Waals surface area contributed by atoms with Crippen LogP contribution in [0.25, 0.3) is 0 Å². The number of hydrogen-bond acceptors (Lipinski definition) is 3. The summed E-state index contributed by atoms with van der Waals surface area (Å²) in [6.45, 7) is 4.73. The van der Waals surface area contributed by atoms with Crippen LogP contribution in [0.1, 0.15) is 39.5 Å². The highest BCUT2D eigenvalue weighted by Crippen LogP contribution is 2.20. The van der Waals surface area contributed by atoms with Crippen LogP contribution in [-0.2, 0) is 14.3 Å². The Morgan fingerprint density at radius 1 is 1.50 bits per heavy atom. The largest absolute Gasteiger partial charge is 0.481 e. The number of aliphatic carboxylic acids is 1. The average molecular weight is 257 g/mol. The molecule has 0 aromatic rings. The van der Waals surface area contributed by atoms with Gasteiger partial charge in [-0.25, -0.2) is 0 Å². The third-order valence-electron chi connectivity index (χ3n) is 3.36. The number of hydrogen-bond donors (Lipinski definition) is 2. The maximum absolute atomic E-state index is 11.9. The Morgan fingerprint density at radius 2 is 2.22 bits per heavy atom. The second-order valence-electron chi connectivity index (χ2n) is 4.97. The van der Waals surface area contributed by atoms with Crippen LogP contribution >= 0.6 is 0 Å². The molecule has 1 saturated heterocycles. The van der Waals surface area contributed by atoms with Crippen molar-refractivity contribution >= 4 is 11.9 Å². The van der Waals surface area contributed by atoms with Gasteiger partial charge in [0.05, 0.1) is 12.0 Å². The molecule has 104 valence electrons. The van der Waals surface area contributed by atoms with Crippen LogP contribution in [0.15, 0.2) is 0 Å². The van der Waals surface area contributed by atoms with E-state index in [1.807, 2.05) is 13.8 Å². The van der Waals surface area contributed by atoms with E-state index in [0.29, 0.717) is 13.0 Å². The van der Waals surface area contributed by atoms with Gasteiger partial charge in [0.15, 0.2) is 0 Å². The Balaban J connectivity index is 2.36. The Kier molecular flexibility index (Phi) is 6.12. The van der Waals surface area contributed by atoms with E-state index < -0.39 is 11.9 Å². The molecular formula is C13H23NO4. The quantitative estimate of drug-likeness (QED) is 0.754. The number of rotatable bonds is 6. The Morgan fingerprint density at radius 3 is 2.78 bits per heavy atom. The molecule has 5 nitrogen and oxygen atoms in total. The van der Waals surface area contributed by atoms with Gasteiger partial charge in [0.2, 0.25) is 5.91 Å². The Labute approximate surface area is 108 Å². The summed E-state index contributed by atoms with van der Waals surface area (Å²) in [6.07, 6.45) is 2.96. The van der Waals surface area contributed by atoms with Crippen LogP contribution in [0.2, 0.25) is 0 Å². The minimum Gasteiger partial charge on any atom is -0.481 e. The Hall–Kier alpha value is -1.10. The van der Waals surface area contributed by atoms with E-state index in [2.05, 4.69) is 5.32 Å². The molecular weight excluding hydrogens is 234 g/mol. The zero-order chi connectivity index (χ0) is 13.5. The van der Waals surface area contributed by atoms with Gasteiger partial charge < -0.3 is 15.2 Å².